The number of halogens is 3. The van der Waals surface area contributed by atoms with Crippen LogP contribution in [0.2, 0.25) is 0 Å². The van der Waals surface area contributed by atoms with Crippen LogP contribution in [0.15, 0.2) is 42.5 Å². The van der Waals surface area contributed by atoms with Crippen molar-refractivity contribution in [3.63, 3.8) is 0 Å². The van der Waals surface area contributed by atoms with Gasteiger partial charge in [-0.1, -0.05) is 12.1 Å². The summed E-state index contributed by atoms with van der Waals surface area (Å²) >= 11 is 0. The summed E-state index contributed by atoms with van der Waals surface area (Å²) in [5.41, 5.74) is 5.64. The van der Waals surface area contributed by atoms with Gasteiger partial charge < -0.3 is 11.1 Å². The highest BCUT2D eigenvalue weighted by atomic mass is 19.4. The minimum atomic E-state index is -4.47. The summed E-state index contributed by atoms with van der Waals surface area (Å²) in [6, 6.07) is 11.4. The zero-order valence-electron chi connectivity index (χ0n) is 10.2. The SMILES string of the molecule is N#Cc1ccc(N)c(Nc2ccccc2C(F)(F)F)c1. The van der Waals surface area contributed by atoms with Gasteiger partial charge in [0.05, 0.1) is 34.3 Å². The third-order valence-corrected chi connectivity index (χ3v) is 2.68. The molecule has 0 saturated carbocycles. The van der Waals surface area contributed by atoms with E-state index in [1.54, 1.807) is 0 Å². The van der Waals surface area contributed by atoms with E-state index in [2.05, 4.69) is 5.32 Å². The minimum Gasteiger partial charge on any atom is -0.397 e. The number of nitrogens with two attached hydrogens (primary N) is 1. The molecular weight excluding hydrogens is 267 g/mol. The molecule has 20 heavy (non-hydrogen) atoms. The maximum atomic E-state index is 12.9. The van der Waals surface area contributed by atoms with Crippen molar-refractivity contribution in [1.82, 2.24) is 0 Å². The summed E-state index contributed by atoms with van der Waals surface area (Å²) in [7, 11) is 0. The summed E-state index contributed by atoms with van der Waals surface area (Å²) in [6.45, 7) is 0. The molecule has 0 fully saturated rings. The van der Waals surface area contributed by atoms with Crippen molar-refractivity contribution < 1.29 is 13.2 Å². The lowest BCUT2D eigenvalue weighted by atomic mass is 10.1. The molecule has 0 saturated heterocycles. The van der Waals surface area contributed by atoms with E-state index in [1.165, 1.54) is 36.4 Å². The number of alkyl halides is 3. The van der Waals surface area contributed by atoms with Gasteiger partial charge in [-0.15, -0.1) is 0 Å². The lowest BCUT2D eigenvalue weighted by Gasteiger charge is -2.15. The molecule has 3 N–H and O–H groups in total. The largest absolute Gasteiger partial charge is 0.418 e. The molecule has 2 aromatic rings. The molecule has 0 spiro atoms. The first-order valence-corrected chi connectivity index (χ1v) is 5.64. The molecule has 0 aromatic heterocycles. The molecule has 6 heteroatoms. The Morgan fingerprint density at radius 1 is 1.05 bits per heavy atom. The number of anilines is 3. The number of para-hydroxylation sites is 1. The molecule has 2 aromatic carbocycles. The van der Waals surface area contributed by atoms with Crippen molar-refractivity contribution in [3.05, 3.63) is 53.6 Å². The Morgan fingerprint density at radius 2 is 1.75 bits per heavy atom. The second-order valence-electron chi connectivity index (χ2n) is 4.08. The Hall–Kier alpha value is -2.68. The maximum absolute atomic E-state index is 12.9. The highest BCUT2D eigenvalue weighted by molar-refractivity contribution is 5.75. The van der Waals surface area contributed by atoms with Crippen LogP contribution in [0.4, 0.5) is 30.2 Å². The highest BCUT2D eigenvalue weighted by Crippen LogP contribution is 2.36. The van der Waals surface area contributed by atoms with Gasteiger partial charge in [-0.05, 0) is 30.3 Å². The van der Waals surface area contributed by atoms with Crippen molar-refractivity contribution in [2.24, 2.45) is 0 Å². The third-order valence-electron chi connectivity index (χ3n) is 2.68. The molecule has 0 aliphatic carbocycles. The quantitative estimate of drug-likeness (QED) is 0.818. The molecule has 0 aliphatic rings. The summed E-state index contributed by atoms with van der Waals surface area (Å²) < 4.78 is 38.6. The van der Waals surface area contributed by atoms with Crippen molar-refractivity contribution in [3.8, 4) is 6.07 Å². The smallest absolute Gasteiger partial charge is 0.397 e. The van der Waals surface area contributed by atoms with Crippen LogP contribution in [0.25, 0.3) is 0 Å². The van der Waals surface area contributed by atoms with E-state index in [0.29, 0.717) is 5.56 Å². The van der Waals surface area contributed by atoms with Gasteiger partial charge in [0.2, 0.25) is 0 Å². The van der Waals surface area contributed by atoms with E-state index in [-0.39, 0.29) is 17.1 Å². The van der Waals surface area contributed by atoms with Gasteiger partial charge in [0.15, 0.2) is 0 Å². The lowest BCUT2D eigenvalue weighted by Crippen LogP contribution is -2.09. The molecule has 0 aliphatic heterocycles. The average Bonchev–Trinajstić information content (AvgIpc) is 2.41. The predicted molar refractivity (Wildman–Crippen MR) is 70.3 cm³/mol. The van der Waals surface area contributed by atoms with Gasteiger partial charge in [0.25, 0.3) is 0 Å². The monoisotopic (exact) mass is 277 g/mol. The van der Waals surface area contributed by atoms with Gasteiger partial charge in [-0.3, -0.25) is 0 Å². The normalized spacial score (nSPS) is 10.9. The van der Waals surface area contributed by atoms with Crippen LogP contribution in [0, 0.1) is 11.3 Å². The van der Waals surface area contributed by atoms with Crippen molar-refractivity contribution in [2.75, 3.05) is 11.1 Å². The number of nitrogens with zero attached hydrogens (tertiary/aromatic N) is 1. The Kier molecular flexibility index (Phi) is 3.53. The molecule has 0 bridgehead atoms. The van der Waals surface area contributed by atoms with Crippen LogP contribution in [0.5, 0.6) is 0 Å². The Labute approximate surface area is 113 Å². The van der Waals surface area contributed by atoms with E-state index < -0.39 is 11.7 Å². The van der Waals surface area contributed by atoms with E-state index in [4.69, 9.17) is 11.0 Å². The fourth-order valence-electron chi connectivity index (χ4n) is 1.72. The van der Waals surface area contributed by atoms with E-state index in [9.17, 15) is 13.2 Å². The molecule has 0 atom stereocenters. The van der Waals surface area contributed by atoms with Crippen LogP contribution < -0.4 is 11.1 Å². The van der Waals surface area contributed by atoms with Crippen LogP contribution in [0.3, 0.4) is 0 Å². The summed E-state index contributed by atoms with van der Waals surface area (Å²) in [5.74, 6) is 0. The highest BCUT2D eigenvalue weighted by Gasteiger charge is 2.33. The number of nitrogens with one attached hydrogen (secondary N) is 1. The zero-order valence-corrected chi connectivity index (χ0v) is 10.2. The Morgan fingerprint density at radius 3 is 2.40 bits per heavy atom. The Bertz CT molecular complexity index is 672. The number of hydrogen-bond donors (Lipinski definition) is 2. The van der Waals surface area contributed by atoms with E-state index >= 15 is 0 Å². The summed E-state index contributed by atoms with van der Waals surface area (Å²) in [6.07, 6.45) is -4.47. The second kappa shape index (κ2) is 5.13. The van der Waals surface area contributed by atoms with Gasteiger partial charge in [-0.2, -0.15) is 18.4 Å². The first-order chi connectivity index (χ1) is 9.41. The average molecular weight is 277 g/mol. The van der Waals surface area contributed by atoms with Gasteiger partial charge >= 0.3 is 6.18 Å². The van der Waals surface area contributed by atoms with Gasteiger partial charge in [0.1, 0.15) is 0 Å². The number of hydrogen-bond acceptors (Lipinski definition) is 3. The first-order valence-electron chi connectivity index (χ1n) is 5.64. The fourth-order valence-corrected chi connectivity index (χ4v) is 1.72. The zero-order chi connectivity index (χ0) is 14.8. The molecule has 102 valence electrons. The fraction of sp³-hybridized carbons (Fsp3) is 0.0714. The minimum absolute atomic E-state index is 0.109. The lowest BCUT2D eigenvalue weighted by molar-refractivity contribution is -0.136. The van der Waals surface area contributed by atoms with Gasteiger partial charge in [-0.25, -0.2) is 0 Å². The van der Waals surface area contributed by atoms with Crippen LogP contribution in [0.1, 0.15) is 11.1 Å². The number of benzene rings is 2. The number of rotatable bonds is 2. The Balaban J connectivity index is 2.44. The molecule has 0 unspecified atom stereocenters. The predicted octanol–water partition coefficient (Wildman–Crippen LogP) is 3.90. The van der Waals surface area contributed by atoms with Crippen molar-refractivity contribution in [2.45, 2.75) is 6.18 Å². The third kappa shape index (κ3) is 2.83. The van der Waals surface area contributed by atoms with Crippen LogP contribution in [-0.4, -0.2) is 0 Å². The van der Waals surface area contributed by atoms with Crippen molar-refractivity contribution >= 4 is 17.1 Å². The molecule has 0 amide bonds. The molecule has 3 nitrogen and oxygen atoms in total. The van der Waals surface area contributed by atoms with Crippen LogP contribution in [-0.2, 0) is 6.18 Å². The number of nitriles is 1. The molecular formula is C14H10F3N3. The summed E-state index contributed by atoms with van der Waals surface area (Å²) in [4.78, 5) is 0. The second-order valence-corrected chi connectivity index (χ2v) is 4.08. The molecule has 2 rings (SSSR count). The van der Waals surface area contributed by atoms with E-state index in [1.807, 2.05) is 6.07 Å². The number of nitrogen functional groups attached to an aromatic ring is 1. The van der Waals surface area contributed by atoms with Crippen LogP contribution >= 0.6 is 0 Å². The maximum Gasteiger partial charge on any atom is 0.418 e. The topological polar surface area (TPSA) is 61.8 Å². The summed E-state index contributed by atoms with van der Waals surface area (Å²) in [5, 5.41) is 11.4. The van der Waals surface area contributed by atoms with E-state index in [0.717, 1.165) is 6.07 Å². The first kappa shape index (κ1) is 13.7. The molecule has 0 heterocycles. The van der Waals surface area contributed by atoms with Gasteiger partial charge in [0, 0.05) is 0 Å². The molecule has 0 radical (unpaired) electrons. The van der Waals surface area contributed by atoms with Crippen molar-refractivity contribution in [1.29, 1.82) is 5.26 Å². The standard InChI is InChI=1S/C14H10F3N3/c15-14(16,17)10-3-1-2-4-12(10)20-13-7-9(8-18)5-6-11(13)19/h1-7,20H,19H2.